The number of carbonyl (C=O) groups is 1. The van der Waals surface area contributed by atoms with E-state index in [-0.39, 0.29) is 12.3 Å². The zero-order valence-corrected chi connectivity index (χ0v) is 21.9. The summed E-state index contributed by atoms with van der Waals surface area (Å²) in [4.78, 5) is 24.3. The number of likely N-dealkylation sites (tertiary alicyclic amines) is 1. The molecule has 1 amide bonds. The lowest BCUT2D eigenvalue weighted by atomic mass is 9.91. The summed E-state index contributed by atoms with van der Waals surface area (Å²) in [5.41, 5.74) is 6.87. The largest absolute Gasteiger partial charge is 0.352 e. The maximum Gasteiger partial charge on any atom is 0.251 e. The molecule has 0 bridgehead atoms. The van der Waals surface area contributed by atoms with Gasteiger partial charge in [-0.3, -0.25) is 9.69 Å². The van der Waals surface area contributed by atoms with Crippen LogP contribution in [0.4, 0.5) is 0 Å². The van der Waals surface area contributed by atoms with Crippen molar-refractivity contribution in [1.29, 1.82) is 0 Å². The molecule has 3 aromatic rings. The molecule has 1 N–H and O–H groups in total. The molecular formula is C28H38N6O. The predicted molar refractivity (Wildman–Crippen MR) is 138 cm³/mol. The summed E-state index contributed by atoms with van der Waals surface area (Å²) in [7, 11) is 0. The topological polar surface area (TPSA) is 75.9 Å². The zero-order valence-electron chi connectivity index (χ0n) is 21.9. The number of rotatable bonds is 7. The summed E-state index contributed by atoms with van der Waals surface area (Å²) >= 11 is 0. The van der Waals surface area contributed by atoms with Crippen LogP contribution in [0.15, 0.2) is 30.3 Å². The number of nitrogens with zero attached hydrogens (tertiary/aromatic N) is 5. The summed E-state index contributed by atoms with van der Waals surface area (Å²) in [5, 5.41) is 7.67. The third kappa shape index (κ3) is 6.34. The first kappa shape index (κ1) is 25.0. The molecular weight excluding hydrogens is 436 g/mol. The van der Waals surface area contributed by atoms with Crippen LogP contribution in [0.2, 0.25) is 0 Å². The molecule has 1 fully saturated rings. The molecule has 2 atom stereocenters. The minimum absolute atomic E-state index is 0.0162. The Balaban J connectivity index is 1.33. The number of carbonyl (C=O) groups excluding carboxylic acids is 1. The monoisotopic (exact) mass is 474 g/mol. The highest BCUT2D eigenvalue weighted by atomic mass is 16.1. The van der Waals surface area contributed by atoms with Gasteiger partial charge in [0.25, 0.3) is 5.95 Å². The maximum absolute atomic E-state index is 12.7. The van der Waals surface area contributed by atoms with Crippen molar-refractivity contribution in [3.8, 4) is 5.95 Å². The van der Waals surface area contributed by atoms with Crippen molar-refractivity contribution in [2.45, 2.75) is 67.5 Å². The number of nitrogens with one attached hydrogen (secondary N) is 1. The van der Waals surface area contributed by atoms with Crippen LogP contribution < -0.4 is 5.32 Å². The minimum atomic E-state index is -0.0162. The fraction of sp³-hybridized carbons (Fsp3) is 0.500. The van der Waals surface area contributed by atoms with Crippen LogP contribution in [0.1, 0.15) is 59.7 Å². The van der Waals surface area contributed by atoms with E-state index in [1.165, 1.54) is 25.1 Å². The molecule has 7 nitrogen and oxygen atoms in total. The van der Waals surface area contributed by atoms with Crippen molar-refractivity contribution >= 4 is 5.91 Å². The Morgan fingerprint density at radius 2 is 1.57 bits per heavy atom. The van der Waals surface area contributed by atoms with E-state index < -0.39 is 0 Å². The van der Waals surface area contributed by atoms with Gasteiger partial charge in [-0.1, -0.05) is 38.1 Å². The average Bonchev–Trinajstić information content (AvgIpc) is 3.05. The smallest absolute Gasteiger partial charge is 0.251 e. The number of hydrogen-bond acceptors (Lipinski definition) is 5. The summed E-state index contributed by atoms with van der Waals surface area (Å²) < 4.78 is 1.74. The molecule has 4 rings (SSSR count). The molecule has 1 saturated heterocycles. The summed E-state index contributed by atoms with van der Waals surface area (Å²) in [6, 6.07) is 10.6. The normalized spacial score (nSPS) is 18.6. The SMILES string of the molecule is Cc1cc(C)nc(-n2nc(C)c(CC(=O)NCc3ccc(CN4CC(C)CC(C)C4)cc3)c2C)n1. The van der Waals surface area contributed by atoms with Gasteiger partial charge in [-0.2, -0.15) is 5.10 Å². The predicted octanol–water partition coefficient (Wildman–Crippen LogP) is 4.23. The molecule has 1 aliphatic rings. The zero-order chi connectivity index (χ0) is 25.1. The number of hydrogen-bond donors (Lipinski definition) is 1. The van der Waals surface area contributed by atoms with Crippen molar-refractivity contribution < 1.29 is 4.79 Å². The average molecular weight is 475 g/mol. The third-order valence-electron chi connectivity index (χ3n) is 6.80. The number of amides is 1. The van der Waals surface area contributed by atoms with Crippen molar-refractivity contribution in [1.82, 2.24) is 30.0 Å². The van der Waals surface area contributed by atoms with Gasteiger partial charge in [-0.05, 0) is 63.1 Å². The van der Waals surface area contributed by atoms with Gasteiger partial charge in [0.2, 0.25) is 5.91 Å². The van der Waals surface area contributed by atoms with E-state index in [1.54, 1.807) is 4.68 Å². The first-order valence-corrected chi connectivity index (χ1v) is 12.6. The lowest BCUT2D eigenvalue weighted by Gasteiger charge is -2.35. The molecule has 0 aliphatic carbocycles. The third-order valence-corrected chi connectivity index (χ3v) is 6.80. The van der Waals surface area contributed by atoms with Crippen molar-refractivity contribution in [2.75, 3.05) is 13.1 Å². The standard InChI is InChI=1S/C28H38N6O/c1-18-11-19(2)16-33(15-18)17-25-9-7-24(8-10-25)14-29-27(35)13-26-22(5)32-34(23(26)6)28-30-20(3)12-21(4)31-28/h7-10,12,18-19H,11,13-17H2,1-6H3,(H,29,35). The number of piperidine rings is 1. The van der Waals surface area contributed by atoms with Gasteiger partial charge in [0.15, 0.2) is 0 Å². The second-order valence-electron chi connectivity index (χ2n) is 10.4. The Morgan fingerprint density at radius 1 is 0.971 bits per heavy atom. The molecule has 0 radical (unpaired) electrons. The van der Waals surface area contributed by atoms with Crippen LogP contribution in [0.5, 0.6) is 0 Å². The van der Waals surface area contributed by atoms with E-state index in [0.717, 1.165) is 52.3 Å². The van der Waals surface area contributed by atoms with E-state index in [2.05, 4.69) is 63.4 Å². The maximum atomic E-state index is 12.7. The van der Waals surface area contributed by atoms with E-state index in [4.69, 9.17) is 0 Å². The van der Waals surface area contributed by atoms with Gasteiger partial charge < -0.3 is 5.32 Å². The Labute approximate surface area is 209 Å². The quantitative estimate of drug-likeness (QED) is 0.555. The summed E-state index contributed by atoms with van der Waals surface area (Å²) in [6.07, 6.45) is 1.61. The summed E-state index contributed by atoms with van der Waals surface area (Å²) in [5.74, 6) is 2.06. The Bertz CT molecular complexity index is 1150. The lowest BCUT2D eigenvalue weighted by Crippen LogP contribution is -2.38. The Kier molecular flexibility index (Phi) is 7.65. The fourth-order valence-electron chi connectivity index (χ4n) is 5.29. The van der Waals surface area contributed by atoms with Gasteiger partial charge in [0.1, 0.15) is 0 Å². The van der Waals surface area contributed by atoms with Gasteiger partial charge >= 0.3 is 0 Å². The highest BCUT2D eigenvalue weighted by Crippen LogP contribution is 2.22. The Hall–Kier alpha value is -3.06. The molecule has 35 heavy (non-hydrogen) atoms. The highest BCUT2D eigenvalue weighted by molar-refractivity contribution is 5.79. The van der Waals surface area contributed by atoms with Crippen molar-refractivity contribution in [2.24, 2.45) is 11.8 Å². The summed E-state index contributed by atoms with van der Waals surface area (Å²) in [6.45, 7) is 16.3. The lowest BCUT2D eigenvalue weighted by molar-refractivity contribution is -0.120. The number of aromatic nitrogens is 4. The van der Waals surface area contributed by atoms with Gasteiger partial charge in [-0.25, -0.2) is 14.6 Å². The van der Waals surface area contributed by atoms with Crippen LogP contribution in [-0.2, 0) is 24.3 Å². The minimum Gasteiger partial charge on any atom is -0.352 e. The number of aryl methyl sites for hydroxylation is 3. The van der Waals surface area contributed by atoms with Gasteiger partial charge in [0, 0.05) is 48.8 Å². The van der Waals surface area contributed by atoms with Crippen molar-refractivity contribution in [3.63, 3.8) is 0 Å². The van der Waals surface area contributed by atoms with Gasteiger partial charge in [0.05, 0.1) is 12.1 Å². The van der Waals surface area contributed by atoms with E-state index in [1.807, 2.05) is 33.8 Å². The second-order valence-corrected chi connectivity index (χ2v) is 10.4. The molecule has 7 heteroatoms. The molecule has 2 unspecified atom stereocenters. The van der Waals surface area contributed by atoms with Crippen LogP contribution in [0.25, 0.3) is 5.95 Å². The first-order valence-electron chi connectivity index (χ1n) is 12.6. The molecule has 0 spiro atoms. The van der Waals surface area contributed by atoms with Crippen LogP contribution in [-0.4, -0.2) is 43.6 Å². The van der Waals surface area contributed by atoms with Gasteiger partial charge in [-0.15, -0.1) is 0 Å². The van der Waals surface area contributed by atoms with Crippen molar-refractivity contribution in [3.05, 3.63) is 69.8 Å². The highest BCUT2D eigenvalue weighted by Gasteiger charge is 2.21. The van der Waals surface area contributed by atoms with Crippen LogP contribution in [0.3, 0.4) is 0 Å². The molecule has 1 aromatic carbocycles. The molecule has 186 valence electrons. The van der Waals surface area contributed by atoms with E-state index in [9.17, 15) is 4.79 Å². The fourth-order valence-corrected chi connectivity index (χ4v) is 5.29. The first-order chi connectivity index (χ1) is 16.7. The Morgan fingerprint density at radius 3 is 2.20 bits per heavy atom. The molecule has 0 saturated carbocycles. The molecule has 3 heterocycles. The van der Waals surface area contributed by atoms with E-state index in [0.29, 0.717) is 12.5 Å². The molecule has 2 aromatic heterocycles. The number of benzene rings is 1. The molecule has 1 aliphatic heterocycles. The van der Waals surface area contributed by atoms with Crippen LogP contribution >= 0.6 is 0 Å². The van der Waals surface area contributed by atoms with Crippen LogP contribution in [0, 0.1) is 39.5 Å². The van der Waals surface area contributed by atoms with E-state index >= 15 is 0 Å². The second kappa shape index (κ2) is 10.7.